The maximum absolute atomic E-state index is 5.88. The van der Waals surface area contributed by atoms with E-state index in [9.17, 15) is 0 Å². The zero-order valence-corrected chi connectivity index (χ0v) is 17.5. The van der Waals surface area contributed by atoms with E-state index in [0.717, 1.165) is 38.7 Å². The molecule has 3 heterocycles. The Morgan fingerprint density at radius 1 is 1.34 bits per heavy atom. The summed E-state index contributed by atoms with van der Waals surface area (Å²) in [5.41, 5.74) is 0.677. The number of aromatic nitrogens is 3. The Morgan fingerprint density at radius 2 is 2.24 bits per heavy atom. The van der Waals surface area contributed by atoms with Crippen LogP contribution in [0, 0.1) is 5.92 Å². The zero-order valence-electron chi connectivity index (χ0n) is 17.5. The summed E-state index contributed by atoms with van der Waals surface area (Å²) < 4.78 is 11.2. The molecule has 0 spiro atoms. The number of nitrogens with one attached hydrogen (secondary N) is 2. The molecular formula is C20H31N7O2. The molecule has 2 N–H and O–H groups in total. The van der Waals surface area contributed by atoms with Gasteiger partial charge < -0.3 is 19.9 Å². The van der Waals surface area contributed by atoms with Gasteiger partial charge in [0.1, 0.15) is 5.69 Å². The molecule has 1 unspecified atom stereocenters. The lowest BCUT2D eigenvalue weighted by atomic mass is 10.2. The molecule has 1 atom stereocenters. The van der Waals surface area contributed by atoms with Crippen molar-refractivity contribution in [2.75, 3.05) is 46.4 Å². The van der Waals surface area contributed by atoms with Gasteiger partial charge in [0.25, 0.3) is 5.89 Å². The minimum Gasteiger partial charge on any atom is -0.374 e. The smallest absolute Gasteiger partial charge is 0.276 e. The summed E-state index contributed by atoms with van der Waals surface area (Å²) in [5, 5.41) is 10.6. The molecule has 158 valence electrons. The average Bonchev–Trinajstić information content (AvgIpc) is 3.20. The Morgan fingerprint density at radius 3 is 3.00 bits per heavy atom. The molecule has 0 aliphatic carbocycles. The molecule has 0 aromatic carbocycles. The quantitative estimate of drug-likeness (QED) is 0.503. The highest BCUT2D eigenvalue weighted by Gasteiger charge is 2.21. The fourth-order valence-electron chi connectivity index (χ4n) is 3.26. The van der Waals surface area contributed by atoms with Crippen molar-refractivity contribution in [3.05, 3.63) is 30.2 Å². The van der Waals surface area contributed by atoms with Gasteiger partial charge in [0, 0.05) is 52.4 Å². The molecule has 3 rings (SSSR count). The third-order valence-electron chi connectivity index (χ3n) is 4.56. The molecule has 1 aliphatic rings. The topological polar surface area (TPSA) is 101 Å². The van der Waals surface area contributed by atoms with Crippen LogP contribution in [-0.2, 0) is 11.2 Å². The van der Waals surface area contributed by atoms with Crippen molar-refractivity contribution in [2.45, 2.75) is 26.4 Å². The third kappa shape index (κ3) is 6.79. The average molecular weight is 402 g/mol. The SMILES string of the molecule is CN=C(NCCc1noc(-c2ccccn2)n1)NCC1CN(CC(C)C)CCO1. The second-order valence-electron chi connectivity index (χ2n) is 7.51. The maximum atomic E-state index is 5.88. The summed E-state index contributed by atoms with van der Waals surface area (Å²) in [5.74, 6) is 2.47. The van der Waals surface area contributed by atoms with Gasteiger partial charge in [-0.1, -0.05) is 25.1 Å². The van der Waals surface area contributed by atoms with E-state index < -0.39 is 0 Å². The first-order valence-corrected chi connectivity index (χ1v) is 10.2. The molecule has 9 heteroatoms. The van der Waals surface area contributed by atoms with E-state index in [2.05, 4.69) is 49.5 Å². The Labute approximate surface area is 171 Å². The van der Waals surface area contributed by atoms with E-state index in [1.54, 1.807) is 13.2 Å². The van der Waals surface area contributed by atoms with Gasteiger partial charge in [0.2, 0.25) is 0 Å². The van der Waals surface area contributed by atoms with E-state index in [1.807, 2.05) is 18.2 Å². The highest BCUT2D eigenvalue weighted by molar-refractivity contribution is 5.79. The first-order chi connectivity index (χ1) is 14.1. The van der Waals surface area contributed by atoms with Crippen LogP contribution in [0.2, 0.25) is 0 Å². The van der Waals surface area contributed by atoms with Gasteiger partial charge in [-0.05, 0) is 18.1 Å². The fourth-order valence-corrected chi connectivity index (χ4v) is 3.26. The van der Waals surface area contributed by atoms with Crippen LogP contribution in [0.1, 0.15) is 19.7 Å². The molecule has 1 fully saturated rings. The number of rotatable bonds is 8. The van der Waals surface area contributed by atoms with Crippen molar-refractivity contribution in [1.82, 2.24) is 30.7 Å². The fraction of sp³-hybridized carbons (Fsp3) is 0.600. The van der Waals surface area contributed by atoms with Gasteiger partial charge in [0.05, 0.1) is 12.7 Å². The van der Waals surface area contributed by atoms with E-state index in [0.29, 0.717) is 36.3 Å². The lowest BCUT2D eigenvalue weighted by Gasteiger charge is -2.34. The molecule has 1 saturated heterocycles. The molecule has 0 bridgehead atoms. The maximum Gasteiger partial charge on any atom is 0.276 e. The number of hydrogen-bond donors (Lipinski definition) is 2. The first kappa shape index (κ1) is 21.2. The highest BCUT2D eigenvalue weighted by atomic mass is 16.5. The molecule has 0 saturated carbocycles. The molecule has 29 heavy (non-hydrogen) atoms. The summed E-state index contributed by atoms with van der Waals surface area (Å²) in [4.78, 5) is 15.3. The number of ether oxygens (including phenoxy) is 1. The van der Waals surface area contributed by atoms with E-state index in [4.69, 9.17) is 9.26 Å². The van der Waals surface area contributed by atoms with Crippen LogP contribution >= 0.6 is 0 Å². The Balaban J connectivity index is 1.39. The number of guanidine groups is 1. The summed E-state index contributed by atoms with van der Waals surface area (Å²) in [6, 6.07) is 5.59. The van der Waals surface area contributed by atoms with Crippen molar-refractivity contribution >= 4 is 5.96 Å². The first-order valence-electron chi connectivity index (χ1n) is 10.2. The second-order valence-corrected chi connectivity index (χ2v) is 7.51. The van der Waals surface area contributed by atoms with Crippen LogP contribution in [0.5, 0.6) is 0 Å². The molecule has 2 aromatic heterocycles. The largest absolute Gasteiger partial charge is 0.374 e. The lowest BCUT2D eigenvalue weighted by molar-refractivity contribution is -0.0284. The molecule has 0 amide bonds. The number of pyridine rings is 1. The minimum absolute atomic E-state index is 0.166. The molecular weight excluding hydrogens is 370 g/mol. The normalized spacial score (nSPS) is 18.2. The summed E-state index contributed by atoms with van der Waals surface area (Å²) in [6.45, 7) is 9.70. The zero-order chi connectivity index (χ0) is 20.5. The summed E-state index contributed by atoms with van der Waals surface area (Å²) in [7, 11) is 1.76. The van der Waals surface area contributed by atoms with Crippen LogP contribution in [0.3, 0.4) is 0 Å². The Kier molecular flexibility index (Phi) is 7.94. The van der Waals surface area contributed by atoms with Crippen LogP contribution in [-0.4, -0.2) is 78.5 Å². The van der Waals surface area contributed by atoms with E-state index >= 15 is 0 Å². The predicted molar refractivity (Wildman–Crippen MR) is 112 cm³/mol. The number of nitrogens with zero attached hydrogens (tertiary/aromatic N) is 5. The molecule has 9 nitrogen and oxygen atoms in total. The van der Waals surface area contributed by atoms with Crippen LogP contribution < -0.4 is 10.6 Å². The van der Waals surface area contributed by atoms with Gasteiger partial charge in [-0.2, -0.15) is 4.98 Å². The molecule has 1 aliphatic heterocycles. The lowest BCUT2D eigenvalue weighted by Crippen LogP contribution is -2.50. The van der Waals surface area contributed by atoms with Gasteiger partial charge in [-0.3, -0.25) is 14.9 Å². The van der Waals surface area contributed by atoms with E-state index in [1.165, 1.54) is 0 Å². The van der Waals surface area contributed by atoms with Gasteiger partial charge in [-0.25, -0.2) is 0 Å². The number of hydrogen-bond acceptors (Lipinski definition) is 7. The predicted octanol–water partition coefficient (Wildman–Crippen LogP) is 1.20. The van der Waals surface area contributed by atoms with E-state index in [-0.39, 0.29) is 6.10 Å². The van der Waals surface area contributed by atoms with Crippen molar-refractivity contribution < 1.29 is 9.26 Å². The Bertz CT molecular complexity index is 763. The number of morpholine rings is 1. The van der Waals surface area contributed by atoms with Crippen LogP contribution in [0.25, 0.3) is 11.6 Å². The molecule has 2 aromatic rings. The van der Waals surface area contributed by atoms with Crippen molar-refractivity contribution in [3.8, 4) is 11.6 Å². The minimum atomic E-state index is 0.166. The standard InChI is InChI=1S/C20H31N7O2/c1-15(2)13-27-10-11-28-16(14-27)12-24-20(21-3)23-9-7-18-25-19(29-26-18)17-6-4-5-8-22-17/h4-6,8,15-16H,7,9-14H2,1-3H3,(H2,21,23,24). The highest BCUT2D eigenvalue weighted by Crippen LogP contribution is 2.13. The molecule has 0 radical (unpaired) electrons. The van der Waals surface area contributed by atoms with Crippen LogP contribution in [0.4, 0.5) is 0 Å². The number of aliphatic imine (C=N–C) groups is 1. The second kappa shape index (κ2) is 10.9. The van der Waals surface area contributed by atoms with Gasteiger partial charge >= 0.3 is 0 Å². The van der Waals surface area contributed by atoms with Gasteiger partial charge in [-0.15, -0.1) is 0 Å². The monoisotopic (exact) mass is 401 g/mol. The summed E-state index contributed by atoms with van der Waals surface area (Å²) in [6.07, 6.45) is 2.49. The summed E-state index contributed by atoms with van der Waals surface area (Å²) >= 11 is 0. The Hall–Kier alpha value is -2.52. The van der Waals surface area contributed by atoms with Crippen molar-refractivity contribution in [2.24, 2.45) is 10.9 Å². The van der Waals surface area contributed by atoms with Crippen molar-refractivity contribution in [3.63, 3.8) is 0 Å². The van der Waals surface area contributed by atoms with Crippen LogP contribution in [0.15, 0.2) is 33.9 Å². The van der Waals surface area contributed by atoms with Gasteiger partial charge in [0.15, 0.2) is 11.8 Å². The third-order valence-corrected chi connectivity index (χ3v) is 4.56. The van der Waals surface area contributed by atoms with Crippen molar-refractivity contribution in [1.29, 1.82) is 0 Å².